The molecule has 0 radical (unpaired) electrons. The van der Waals surface area contributed by atoms with E-state index < -0.39 is 7.12 Å². The third-order valence-corrected chi connectivity index (χ3v) is 2.42. The molecule has 1 fully saturated rings. The van der Waals surface area contributed by atoms with Gasteiger partial charge in [0.25, 0.3) is 0 Å². The molecular formula is C7H15BO3. The van der Waals surface area contributed by atoms with Crippen molar-refractivity contribution in [3.63, 3.8) is 0 Å². The normalized spacial score (nSPS) is 35.5. The summed E-state index contributed by atoms with van der Waals surface area (Å²) in [6, 6.07) is 0. The maximum absolute atomic E-state index is 8.83. The molecule has 0 heterocycles. The molecule has 1 aliphatic carbocycles. The Balaban J connectivity index is 2.25. The number of ether oxygens (including phenoxy) is 1. The van der Waals surface area contributed by atoms with Crippen molar-refractivity contribution in [2.75, 3.05) is 13.2 Å². The SMILES string of the molecule is CCOC[C@]1(C)C[C@@H]1B(O)O. The lowest BCUT2D eigenvalue weighted by Crippen LogP contribution is -2.18. The van der Waals surface area contributed by atoms with Gasteiger partial charge in [-0.2, -0.15) is 0 Å². The number of hydrogen-bond donors (Lipinski definition) is 2. The van der Waals surface area contributed by atoms with Gasteiger partial charge >= 0.3 is 7.12 Å². The maximum atomic E-state index is 8.83. The number of rotatable bonds is 4. The minimum atomic E-state index is -1.17. The van der Waals surface area contributed by atoms with Crippen molar-refractivity contribution in [2.24, 2.45) is 5.41 Å². The van der Waals surface area contributed by atoms with E-state index in [0.29, 0.717) is 13.2 Å². The highest BCUT2D eigenvalue weighted by Crippen LogP contribution is 2.58. The second kappa shape index (κ2) is 3.13. The molecule has 11 heavy (non-hydrogen) atoms. The molecule has 0 aromatic carbocycles. The van der Waals surface area contributed by atoms with Gasteiger partial charge in [0.1, 0.15) is 0 Å². The quantitative estimate of drug-likeness (QED) is 0.577. The minimum Gasteiger partial charge on any atom is -0.427 e. The molecule has 4 heteroatoms. The van der Waals surface area contributed by atoms with Crippen LogP contribution < -0.4 is 0 Å². The van der Waals surface area contributed by atoms with E-state index in [-0.39, 0.29) is 11.2 Å². The van der Waals surface area contributed by atoms with Crippen molar-refractivity contribution in [2.45, 2.75) is 26.1 Å². The summed E-state index contributed by atoms with van der Waals surface area (Å²) in [6.07, 6.45) is 0.866. The molecule has 2 N–H and O–H groups in total. The average Bonchev–Trinajstić information content (AvgIpc) is 2.60. The van der Waals surface area contributed by atoms with Crippen molar-refractivity contribution < 1.29 is 14.8 Å². The Hall–Kier alpha value is -0.0551. The van der Waals surface area contributed by atoms with Crippen LogP contribution in [0, 0.1) is 5.41 Å². The van der Waals surface area contributed by atoms with Crippen molar-refractivity contribution in [3.05, 3.63) is 0 Å². The maximum Gasteiger partial charge on any atom is 0.455 e. The topological polar surface area (TPSA) is 49.7 Å². The standard InChI is InChI=1S/C7H15BO3/c1-3-11-5-7(2)4-6(7)8(9)10/h6,9-10H,3-5H2,1-2H3/t6-,7-/m0/s1. The van der Waals surface area contributed by atoms with Crippen LogP contribution in [0.5, 0.6) is 0 Å². The first-order valence-electron chi connectivity index (χ1n) is 4.04. The van der Waals surface area contributed by atoms with E-state index in [1.807, 2.05) is 13.8 Å². The van der Waals surface area contributed by atoms with Crippen LogP contribution in [-0.2, 0) is 4.74 Å². The van der Waals surface area contributed by atoms with Gasteiger partial charge in [-0.1, -0.05) is 6.92 Å². The Morgan fingerprint density at radius 3 is 2.64 bits per heavy atom. The van der Waals surface area contributed by atoms with Crippen LogP contribution >= 0.6 is 0 Å². The zero-order valence-corrected chi connectivity index (χ0v) is 7.08. The van der Waals surface area contributed by atoms with Crippen LogP contribution in [-0.4, -0.2) is 30.4 Å². The molecule has 0 aliphatic heterocycles. The molecule has 64 valence electrons. The van der Waals surface area contributed by atoms with Crippen LogP contribution in [0.3, 0.4) is 0 Å². The first-order valence-corrected chi connectivity index (χ1v) is 4.04. The third kappa shape index (κ3) is 1.95. The lowest BCUT2D eigenvalue weighted by atomic mass is 9.78. The second-order valence-corrected chi connectivity index (χ2v) is 3.52. The van der Waals surface area contributed by atoms with Gasteiger partial charge in [-0.05, 0) is 18.8 Å². The zero-order valence-electron chi connectivity index (χ0n) is 7.08. The predicted molar refractivity (Wildman–Crippen MR) is 43.2 cm³/mol. The van der Waals surface area contributed by atoms with Crippen molar-refractivity contribution >= 4 is 7.12 Å². The monoisotopic (exact) mass is 158 g/mol. The molecular weight excluding hydrogens is 143 g/mol. The van der Waals surface area contributed by atoms with Gasteiger partial charge in [0.2, 0.25) is 0 Å². The van der Waals surface area contributed by atoms with Crippen LogP contribution in [0.2, 0.25) is 5.82 Å². The van der Waals surface area contributed by atoms with Crippen molar-refractivity contribution in [1.29, 1.82) is 0 Å². The molecule has 1 rings (SSSR count). The smallest absolute Gasteiger partial charge is 0.427 e. The highest BCUT2D eigenvalue weighted by Gasteiger charge is 2.55. The molecule has 0 aromatic heterocycles. The summed E-state index contributed by atoms with van der Waals surface area (Å²) >= 11 is 0. The Bertz CT molecular complexity index is 140. The van der Waals surface area contributed by atoms with E-state index in [9.17, 15) is 0 Å². The molecule has 0 unspecified atom stereocenters. The molecule has 0 bridgehead atoms. The van der Waals surface area contributed by atoms with Crippen molar-refractivity contribution in [3.8, 4) is 0 Å². The molecule has 0 amide bonds. The summed E-state index contributed by atoms with van der Waals surface area (Å²) in [6.45, 7) is 5.30. The minimum absolute atomic E-state index is 0.0180. The van der Waals surface area contributed by atoms with Crippen LogP contribution in [0.4, 0.5) is 0 Å². The Morgan fingerprint density at radius 2 is 2.27 bits per heavy atom. The summed E-state index contributed by atoms with van der Waals surface area (Å²) in [5, 5.41) is 17.7. The molecule has 0 saturated heterocycles. The Kier molecular flexibility index (Phi) is 2.57. The van der Waals surface area contributed by atoms with E-state index in [4.69, 9.17) is 14.8 Å². The molecule has 2 atom stereocenters. The predicted octanol–water partition coefficient (Wildman–Crippen LogP) is 0.276. The molecule has 0 aromatic rings. The van der Waals surface area contributed by atoms with Crippen LogP contribution in [0.1, 0.15) is 20.3 Å². The van der Waals surface area contributed by atoms with Crippen molar-refractivity contribution in [1.82, 2.24) is 0 Å². The fourth-order valence-electron chi connectivity index (χ4n) is 1.41. The second-order valence-electron chi connectivity index (χ2n) is 3.52. The van der Waals surface area contributed by atoms with Gasteiger partial charge in [-0.15, -0.1) is 0 Å². The van der Waals surface area contributed by atoms with Gasteiger partial charge in [-0.25, -0.2) is 0 Å². The fraction of sp³-hybridized carbons (Fsp3) is 1.00. The summed E-state index contributed by atoms with van der Waals surface area (Å²) in [7, 11) is -1.17. The molecule has 1 saturated carbocycles. The average molecular weight is 158 g/mol. The van der Waals surface area contributed by atoms with Gasteiger partial charge in [0.15, 0.2) is 0 Å². The first-order chi connectivity index (χ1) is 5.10. The van der Waals surface area contributed by atoms with E-state index in [1.165, 1.54) is 0 Å². The zero-order chi connectivity index (χ0) is 8.48. The van der Waals surface area contributed by atoms with Gasteiger partial charge in [0, 0.05) is 12.4 Å². The summed E-state index contributed by atoms with van der Waals surface area (Å²) in [5.41, 5.74) is 0.0180. The van der Waals surface area contributed by atoms with E-state index in [2.05, 4.69) is 0 Å². The Morgan fingerprint density at radius 1 is 1.64 bits per heavy atom. The largest absolute Gasteiger partial charge is 0.455 e. The van der Waals surface area contributed by atoms with E-state index >= 15 is 0 Å². The first kappa shape index (κ1) is 9.04. The third-order valence-electron chi connectivity index (χ3n) is 2.42. The summed E-state index contributed by atoms with van der Waals surface area (Å²) in [4.78, 5) is 0. The number of hydrogen-bond acceptors (Lipinski definition) is 3. The lowest BCUT2D eigenvalue weighted by Gasteiger charge is -2.09. The van der Waals surface area contributed by atoms with E-state index in [0.717, 1.165) is 6.42 Å². The van der Waals surface area contributed by atoms with Crippen LogP contribution in [0.15, 0.2) is 0 Å². The van der Waals surface area contributed by atoms with Gasteiger partial charge in [0.05, 0.1) is 6.61 Å². The van der Waals surface area contributed by atoms with Gasteiger partial charge in [-0.3, -0.25) is 0 Å². The molecule has 0 spiro atoms. The highest BCUT2D eigenvalue weighted by molar-refractivity contribution is 6.44. The highest BCUT2D eigenvalue weighted by atomic mass is 16.5. The van der Waals surface area contributed by atoms with Crippen LogP contribution in [0.25, 0.3) is 0 Å². The summed E-state index contributed by atoms with van der Waals surface area (Å²) in [5.74, 6) is 0.0223. The summed E-state index contributed by atoms with van der Waals surface area (Å²) < 4.78 is 5.22. The Labute approximate surface area is 67.5 Å². The molecule has 3 nitrogen and oxygen atoms in total. The van der Waals surface area contributed by atoms with E-state index in [1.54, 1.807) is 0 Å². The van der Waals surface area contributed by atoms with Gasteiger partial charge < -0.3 is 14.8 Å². The fourth-order valence-corrected chi connectivity index (χ4v) is 1.41. The lowest BCUT2D eigenvalue weighted by molar-refractivity contribution is 0.106. The molecule has 1 aliphatic rings.